The van der Waals surface area contributed by atoms with Crippen molar-refractivity contribution in [2.24, 2.45) is 5.92 Å². The Morgan fingerprint density at radius 1 is 0.857 bits per heavy atom. The maximum Gasteiger partial charge on any atom is 0.259 e. The van der Waals surface area contributed by atoms with Gasteiger partial charge < -0.3 is 29.0 Å². The summed E-state index contributed by atoms with van der Waals surface area (Å²) in [6.07, 6.45) is 1.00. The third-order valence-corrected chi connectivity index (χ3v) is 11.6. The molecule has 2 unspecified atom stereocenters. The fourth-order valence-electron chi connectivity index (χ4n) is 8.72. The standard InChI is InChI=1S/C42H40N6O6S2/c1-23-7-4-9-29(15-23)47-39(52)35(37(50)43-41(47)55)34(36-38(51)44-42(56)48(40(36)53)30-10-5-8-24(2)16-30)26-13-14-32(54-3)28(18-26)22-45-19-25-17-27(21-45)31-11-6-12-33(49)46(31)20-25/h4-16,18,25,27,34,52-53H,17,19-22H2,1-3H3,(H,43,50,55)(H,44,51,56)/t25-,27+/m1/s1. The number of likely N-dealkylation sites (tertiary alicyclic amines) is 1. The van der Waals surface area contributed by atoms with Crippen LogP contribution in [-0.4, -0.2) is 49.0 Å². The number of pyridine rings is 1. The summed E-state index contributed by atoms with van der Waals surface area (Å²) < 4.78 is 10.1. The summed E-state index contributed by atoms with van der Waals surface area (Å²) in [5.41, 5.74) is 2.80. The van der Waals surface area contributed by atoms with E-state index in [1.54, 1.807) is 61.7 Å². The molecule has 2 aliphatic heterocycles. The Hall–Kier alpha value is -5.83. The number of nitrogens with zero attached hydrogens (tertiary/aromatic N) is 3. The molecule has 0 saturated carbocycles. The van der Waals surface area contributed by atoms with Crippen molar-refractivity contribution in [2.75, 3.05) is 20.2 Å². The third-order valence-electron chi connectivity index (χ3n) is 11.1. The fourth-order valence-corrected chi connectivity index (χ4v) is 9.28. The van der Waals surface area contributed by atoms with E-state index in [0.29, 0.717) is 41.7 Å². The van der Waals surface area contributed by atoms with E-state index in [2.05, 4.69) is 9.97 Å². The highest BCUT2D eigenvalue weighted by Crippen LogP contribution is 2.39. The van der Waals surface area contributed by atoms with Crippen LogP contribution in [0, 0.1) is 29.3 Å². The van der Waals surface area contributed by atoms with Crippen LogP contribution in [0.3, 0.4) is 0 Å². The second-order valence-electron chi connectivity index (χ2n) is 14.9. The first-order valence-corrected chi connectivity index (χ1v) is 19.2. The molecule has 2 bridgehead atoms. The van der Waals surface area contributed by atoms with Gasteiger partial charge in [0.1, 0.15) is 12.3 Å². The smallest absolute Gasteiger partial charge is 0.259 e. The van der Waals surface area contributed by atoms with E-state index in [-0.39, 0.29) is 32.1 Å². The number of aryl methyl sites for hydroxylation is 2. The monoisotopic (exact) mass is 788 g/mol. The van der Waals surface area contributed by atoms with Gasteiger partial charge in [-0.2, -0.15) is 0 Å². The highest BCUT2D eigenvalue weighted by Gasteiger charge is 2.38. The Balaban J connectivity index is 1.32. The van der Waals surface area contributed by atoms with Crippen molar-refractivity contribution >= 4 is 24.4 Å². The van der Waals surface area contributed by atoms with Gasteiger partial charge in [0.15, 0.2) is 9.54 Å². The Labute approximate surface area is 331 Å². The third kappa shape index (κ3) is 6.63. The number of rotatable bonds is 8. The van der Waals surface area contributed by atoms with Gasteiger partial charge in [-0.3, -0.25) is 28.9 Å². The molecule has 14 heteroatoms. The molecular formula is C42H40N6O6S2. The number of hydrogen-bond donors (Lipinski definition) is 4. The van der Waals surface area contributed by atoms with Crippen molar-refractivity contribution in [3.8, 4) is 28.9 Å². The number of fused-ring (bicyclic) bond motifs is 4. The minimum Gasteiger partial charge on any atom is -0.859 e. The second-order valence-corrected chi connectivity index (χ2v) is 15.6. The molecule has 12 nitrogen and oxygen atoms in total. The van der Waals surface area contributed by atoms with Crippen molar-refractivity contribution in [1.82, 2.24) is 23.7 Å². The SMILES string of the molecule is COc1ccc(C(c2c([O-])n(-c3cccc(C)c3)c(=S)[nH]c2=O)c2c(O)n(-c3cccc(C)c3)c(=S)[nH]c2=O)cc1C[NH+]1C[C@H]2C[C@@H](C1)c1cccc(=O)n1C2. The topological polar surface area (TPSA) is 155 Å². The minimum atomic E-state index is -1.38. The van der Waals surface area contributed by atoms with Crippen LogP contribution < -0.4 is 31.4 Å². The van der Waals surface area contributed by atoms with E-state index < -0.39 is 28.8 Å². The number of aromatic hydroxyl groups is 1. The van der Waals surface area contributed by atoms with Gasteiger partial charge in [0.25, 0.3) is 16.7 Å². The molecule has 0 amide bonds. The zero-order chi connectivity index (χ0) is 39.4. The average Bonchev–Trinajstić information content (AvgIpc) is 3.14. The molecule has 1 fully saturated rings. The highest BCUT2D eigenvalue weighted by atomic mass is 32.1. The number of benzene rings is 3. The molecule has 6 aromatic rings. The molecule has 2 aliphatic rings. The summed E-state index contributed by atoms with van der Waals surface area (Å²) >= 11 is 11.1. The predicted octanol–water partition coefficient (Wildman–Crippen LogP) is 4.05. The van der Waals surface area contributed by atoms with Gasteiger partial charge in [-0.05, 0) is 110 Å². The maximum atomic E-state index is 14.8. The predicted molar refractivity (Wildman–Crippen MR) is 215 cm³/mol. The van der Waals surface area contributed by atoms with E-state index in [1.165, 1.54) is 14.0 Å². The molecule has 3 aromatic carbocycles. The average molecular weight is 789 g/mol. The van der Waals surface area contributed by atoms with Crippen LogP contribution in [0.5, 0.6) is 17.5 Å². The lowest BCUT2D eigenvalue weighted by molar-refractivity contribution is -0.924. The summed E-state index contributed by atoms with van der Waals surface area (Å²) in [6, 6.07) is 25.1. The van der Waals surface area contributed by atoms with Crippen LogP contribution in [-0.2, 0) is 13.1 Å². The Morgan fingerprint density at radius 2 is 1.50 bits per heavy atom. The number of hydrogen-bond acceptors (Lipinski definition) is 8. The summed E-state index contributed by atoms with van der Waals surface area (Å²) in [5.74, 6) is -1.54. The Morgan fingerprint density at radius 3 is 2.18 bits per heavy atom. The van der Waals surface area contributed by atoms with E-state index in [1.807, 2.05) is 48.7 Å². The number of aromatic amines is 2. The second kappa shape index (κ2) is 14.7. The molecule has 0 radical (unpaired) electrons. The lowest BCUT2D eigenvalue weighted by Crippen LogP contribution is -3.13. The van der Waals surface area contributed by atoms with Gasteiger partial charge in [0, 0.05) is 47.0 Å². The molecule has 4 N–H and O–H groups in total. The lowest BCUT2D eigenvalue weighted by atomic mass is 9.82. The van der Waals surface area contributed by atoms with E-state index >= 15 is 0 Å². The molecule has 0 aliphatic carbocycles. The molecule has 3 aromatic heterocycles. The molecule has 0 spiro atoms. The lowest BCUT2D eigenvalue weighted by Gasteiger charge is -2.40. The van der Waals surface area contributed by atoms with Gasteiger partial charge in [-0.1, -0.05) is 36.4 Å². The maximum absolute atomic E-state index is 14.8. The highest BCUT2D eigenvalue weighted by molar-refractivity contribution is 7.71. The normalized spacial score (nSPS) is 17.9. The van der Waals surface area contributed by atoms with Gasteiger partial charge in [-0.15, -0.1) is 0 Å². The van der Waals surface area contributed by atoms with Crippen molar-refractivity contribution < 1.29 is 19.8 Å². The number of quaternary nitrogens is 1. The van der Waals surface area contributed by atoms with Crippen LogP contribution in [0.25, 0.3) is 11.4 Å². The summed E-state index contributed by atoms with van der Waals surface area (Å²) in [5, 5.41) is 26.9. The molecule has 1 saturated heterocycles. The fraction of sp³-hybridized carbons (Fsp3) is 0.262. The van der Waals surface area contributed by atoms with Crippen LogP contribution in [0.15, 0.2) is 99.3 Å². The summed E-state index contributed by atoms with van der Waals surface area (Å²) in [4.78, 5) is 47.6. The van der Waals surface area contributed by atoms with Crippen LogP contribution >= 0.6 is 24.4 Å². The van der Waals surface area contributed by atoms with Crippen molar-refractivity contribution in [1.29, 1.82) is 0 Å². The van der Waals surface area contributed by atoms with Crippen molar-refractivity contribution in [3.63, 3.8) is 0 Å². The van der Waals surface area contributed by atoms with Crippen molar-refractivity contribution in [2.45, 2.75) is 45.2 Å². The van der Waals surface area contributed by atoms with Gasteiger partial charge in [0.2, 0.25) is 5.88 Å². The summed E-state index contributed by atoms with van der Waals surface area (Å²) in [6.45, 7) is 6.56. The van der Waals surface area contributed by atoms with E-state index in [4.69, 9.17) is 29.2 Å². The van der Waals surface area contributed by atoms with E-state index in [9.17, 15) is 24.6 Å². The number of aromatic nitrogens is 5. The number of ether oxygens (including phenoxy) is 1. The quantitative estimate of drug-likeness (QED) is 0.169. The minimum absolute atomic E-state index is 0.0209. The van der Waals surface area contributed by atoms with Gasteiger partial charge in [0.05, 0.1) is 37.4 Å². The molecule has 56 heavy (non-hydrogen) atoms. The van der Waals surface area contributed by atoms with Crippen LogP contribution in [0.1, 0.15) is 57.3 Å². The number of methoxy groups -OCH3 is 1. The number of piperidine rings is 1. The first-order chi connectivity index (χ1) is 26.9. The molecule has 5 heterocycles. The van der Waals surface area contributed by atoms with Gasteiger partial charge >= 0.3 is 0 Å². The van der Waals surface area contributed by atoms with Gasteiger partial charge in [-0.25, -0.2) is 0 Å². The largest absolute Gasteiger partial charge is 0.859 e. The number of H-pyrrole nitrogens is 2. The Kier molecular flexibility index (Phi) is 9.73. The zero-order valence-electron chi connectivity index (χ0n) is 31.0. The number of nitrogens with one attached hydrogen (secondary N) is 3. The first kappa shape index (κ1) is 37.1. The van der Waals surface area contributed by atoms with E-state index in [0.717, 1.165) is 41.9 Å². The molecular weight excluding hydrogens is 749 g/mol. The van der Waals surface area contributed by atoms with Crippen LogP contribution in [0.4, 0.5) is 0 Å². The zero-order valence-corrected chi connectivity index (χ0v) is 32.6. The Bertz CT molecular complexity index is 2710. The van der Waals surface area contributed by atoms with Crippen molar-refractivity contribution in [3.05, 3.63) is 165 Å². The van der Waals surface area contributed by atoms with Crippen LogP contribution in [0.2, 0.25) is 0 Å². The summed E-state index contributed by atoms with van der Waals surface area (Å²) in [7, 11) is 1.58. The molecule has 286 valence electrons. The molecule has 4 atom stereocenters. The first-order valence-electron chi connectivity index (χ1n) is 18.4. The molecule has 8 rings (SSSR count).